The van der Waals surface area contributed by atoms with Crippen LogP contribution in [0.3, 0.4) is 0 Å². The number of H-pyrrole nitrogens is 1. The number of hydrogen-bond acceptors (Lipinski definition) is 8. The number of nitrogens with zero attached hydrogens (tertiary/aromatic N) is 3. The van der Waals surface area contributed by atoms with Crippen molar-refractivity contribution in [3.63, 3.8) is 0 Å². The first-order chi connectivity index (χ1) is 14.7. The summed E-state index contributed by atoms with van der Waals surface area (Å²) >= 11 is 3.50. The number of methoxy groups -OCH3 is 1. The van der Waals surface area contributed by atoms with Gasteiger partial charge >= 0.3 is 0 Å². The van der Waals surface area contributed by atoms with E-state index in [0.29, 0.717) is 11.5 Å². The molecule has 0 aliphatic carbocycles. The average molecular weight is 442 g/mol. The number of ether oxygens (including phenoxy) is 2. The van der Waals surface area contributed by atoms with Gasteiger partial charge in [-0.2, -0.15) is 5.26 Å². The van der Waals surface area contributed by atoms with Gasteiger partial charge in [-0.3, -0.25) is 10.1 Å². The number of nitrogens with two attached hydrogens (primary N) is 1. The van der Waals surface area contributed by atoms with E-state index in [1.165, 1.54) is 0 Å². The second kappa shape index (κ2) is 9.06. The SMILES string of the molecule is CCCc1[nH]nc2c1[C@@H](c1ccc(OC)c(CSC3=NCCS3)c1)C(C#N)=C(N)O2. The monoisotopic (exact) mass is 441 g/mol. The Morgan fingerprint density at radius 1 is 1.47 bits per heavy atom. The number of rotatable bonds is 6. The van der Waals surface area contributed by atoms with Crippen molar-refractivity contribution in [3.05, 3.63) is 52.0 Å². The highest BCUT2D eigenvalue weighted by atomic mass is 32.2. The normalized spacial score (nSPS) is 17.9. The van der Waals surface area contributed by atoms with Gasteiger partial charge in [0, 0.05) is 28.3 Å². The largest absolute Gasteiger partial charge is 0.496 e. The lowest BCUT2D eigenvalue weighted by atomic mass is 9.83. The summed E-state index contributed by atoms with van der Waals surface area (Å²) in [7, 11) is 1.67. The average Bonchev–Trinajstić information content (AvgIpc) is 3.41. The number of aliphatic imine (C=N–C) groups is 1. The number of allylic oxidation sites excluding steroid dienone is 1. The van der Waals surface area contributed by atoms with Gasteiger partial charge in [0.25, 0.3) is 0 Å². The van der Waals surface area contributed by atoms with Crippen LogP contribution in [0.2, 0.25) is 0 Å². The summed E-state index contributed by atoms with van der Waals surface area (Å²) in [4.78, 5) is 4.51. The van der Waals surface area contributed by atoms with Crippen LogP contribution < -0.4 is 15.2 Å². The molecule has 3 N–H and O–H groups in total. The van der Waals surface area contributed by atoms with Crippen molar-refractivity contribution in [2.24, 2.45) is 10.7 Å². The summed E-state index contributed by atoms with van der Waals surface area (Å²) in [5.41, 5.74) is 10.4. The van der Waals surface area contributed by atoms with Crippen LogP contribution in [0, 0.1) is 11.3 Å². The van der Waals surface area contributed by atoms with Crippen LogP contribution in [0.1, 0.15) is 41.6 Å². The maximum absolute atomic E-state index is 9.85. The van der Waals surface area contributed by atoms with Crippen molar-refractivity contribution in [2.45, 2.75) is 31.4 Å². The minimum absolute atomic E-state index is 0.105. The summed E-state index contributed by atoms with van der Waals surface area (Å²) in [5.74, 6) is 2.83. The Labute approximate surface area is 184 Å². The second-order valence-electron chi connectivity index (χ2n) is 6.95. The Hall–Kier alpha value is -2.57. The number of aromatic nitrogens is 2. The molecule has 0 amide bonds. The molecule has 9 heteroatoms. The summed E-state index contributed by atoms with van der Waals surface area (Å²) in [6.07, 6.45) is 1.77. The molecule has 0 saturated carbocycles. The fraction of sp³-hybridized carbons (Fsp3) is 0.381. The van der Waals surface area contributed by atoms with E-state index in [0.717, 1.165) is 63.4 Å². The Bertz CT molecular complexity index is 1050. The van der Waals surface area contributed by atoms with Gasteiger partial charge < -0.3 is 15.2 Å². The smallest absolute Gasteiger partial charge is 0.244 e. The summed E-state index contributed by atoms with van der Waals surface area (Å²) in [6, 6.07) is 8.29. The van der Waals surface area contributed by atoms with E-state index in [1.54, 1.807) is 30.6 Å². The number of nitrogens with one attached hydrogen (secondary N) is 1. The van der Waals surface area contributed by atoms with Crippen molar-refractivity contribution in [1.82, 2.24) is 10.2 Å². The summed E-state index contributed by atoms with van der Waals surface area (Å²) in [6.45, 7) is 2.99. The van der Waals surface area contributed by atoms with Gasteiger partial charge in [-0.1, -0.05) is 49.0 Å². The molecule has 7 nitrogen and oxygen atoms in total. The zero-order valence-corrected chi connectivity index (χ0v) is 18.5. The number of benzene rings is 1. The van der Waals surface area contributed by atoms with Crippen molar-refractivity contribution in [1.29, 1.82) is 5.26 Å². The standard InChI is InChI=1S/C21H23N5O2S2/c1-3-4-15-18-17(14(10-22)19(23)28-20(18)26-25-15)12-5-6-16(27-2)13(9-12)11-30-21-24-7-8-29-21/h5-6,9,17H,3-4,7-8,11,23H2,1-2H3,(H,25,26)/t17-/m0/s1. The van der Waals surface area contributed by atoms with Gasteiger partial charge in [0.1, 0.15) is 21.8 Å². The van der Waals surface area contributed by atoms with E-state index < -0.39 is 0 Å². The third-order valence-corrected chi connectivity index (χ3v) is 7.37. The molecule has 0 spiro atoms. The first kappa shape index (κ1) is 20.7. The lowest BCUT2D eigenvalue weighted by Gasteiger charge is -2.25. The minimum atomic E-state index is -0.327. The molecule has 1 atom stereocenters. The van der Waals surface area contributed by atoms with Crippen molar-refractivity contribution < 1.29 is 9.47 Å². The Morgan fingerprint density at radius 3 is 3.03 bits per heavy atom. The topological polar surface area (TPSA) is 109 Å². The van der Waals surface area contributed by atoms with Gasteiger partial charge in [-0.05, 0) is 18.1 Å². The second-order valence-corrected chi connectivity index (χ2v) is 9.26. The predicted molar refractivity (Wildman–Crippen MR) is 121 cm³/mol. The third-order valence-electron chi connectivity index (χ3n) is 5.06. The van der Waals surface area contributed by atoms with Gasteiger partial charge in [-0.25, -0.2) is 0 Å². The number of aromatic amines is 1. The molecule has 0 unspecified atom stereocenters. The first-order valence-corrected chi connectivity index (χ1v) is 11.7. The van der Waals surface area contributed by atoms with Crippen LogP contribution in [0.15, 0.2) is 34.6 Å². The van der Waals surface area contributed by atoms with E-state index in [1.807, 2.05) is 12.1 Å². The molecule has 0 radical (unpaired) electrons. The van der Waals surface area contributed by atoms with Crippen LogP contribution >= 0.6 is 23.5 Å². The molecule has 0 bridgehead atoms. The number of thioether (sulfide) groups is 2. The molecule has 3 heterocycles. The van der Waals surface area contributed by atoms with E-state index in [9.17, 15) is 5.26 Å². The molecular formula is C21H23N5O2S2. The van der Waals surface area contributed by atoms with Crippen LogP contribution in [-0.4, -0.2) is 34.0 Å². The van der Waals surface area contributed by atoms with Gasteiger partial charge in [0.05, 0.1) is 19.6 Å². The maximum Gasteiger partial charge on any atom is 0.244 e. The zero-order chi connectivity index (χ0) is 21.1. The lowest BCUT2D eigenvalue weighted by Crippen LogP contribution is -2.21. The minimum Gasteiger partial charge on any atom is -0.496 e. The van der Waals surface area contributed by atoms with E-state index in [4.69, 9.17) is 15.2 Å². The van der Waals surface area contributed by atoms with Gasteiger partial charge in [-0.15, -0.1) is 5.10 Å². The van der Waals surface area contributed by atoms with Crippen molar-refractivity contribution in [3.8, 4) is 17.7 Å². The molecule has 2 aromatic rings. The van der Waals surface area contributed by atoms with Crippen LogP contribution in [0.5, 0.6) is 11.6 Å². The fourth-order valence-corrected chi connectivity index (χ4v) is 5.70. The van der Waals surface area contributed by atoms with E-state index in [-0.39, 0.29) is 11.8 Å². The van der Waals surface area contributed by atoms with E-state index >= 15 is 0 Å². The summed E-state index contributed by atoms with van der Waals surface area (Å²) in [5, 5.41) is 17.2. The van der Waals surface area contributed by atoms with Crippen LogP contribution in [0.4, 0.5) is 0 Å². The number of aryl methyl sites for hydroxylation is 1. The molecular weight excluding hydrogens is 418 g/mol. The Morgan fingerprint density at radius 2 is 2.33 bits per heavy atom. The quantitative estimate of drug-likeness (QED) is 0.699. The van der Waals surface area contributed by atoms with Gasteiger partial charge in [0.15, 0.2) is 0 Å². The molecule has 1 aromatic carbocycles. The van der Waals surface area contributed by atoms with Crippen molar-refractivity contribution >= 4 is 27.9 Å². The van der Waals surface area contributed by atoms with Crippen LogP contribution in [0.25, 0.3) is 0 Å². The number of nitriles is 1. The number of hydrogen-bond donors (Lipinski definition) is 2. The third kappa shape index (κ3) is 3.89. The highest BCUT2D eigenvalue weighted by Gasteiger charge is 2.35. The molecule has 2 aliphatic rings. The molecule has 156 valence electrons. The molecule has 4 rings (SSSR count). The molecule has 0 saturated heterocycles. The predicted octanol–water partition coefficient (Wildman–Crippen LogP) is 3.92. The Kier molecular flexibility index (Phi) is 6.25. The molecule has 2 aliphatic heterocycles. The lowest BCUT2D eigenvalue weighted by molar-refractivity contribution is 0.378. The van der Waals surface area contributed by atoms with Crippen molar-refractivity contribution in [2.75, 3.05) is 19.4 Å². The first-order valence-electron chi connectivity index (χ1n) is 9.77. The number of fused-ring (bicyclic) bond motifs is 1. The highest BCUT2D eigenvalue weighted by molar-refractivity contribution is 8.38. The molecule has 1 aromatic heterocycles. The zero-order valence-electron chi connectivity index (χ0n) is 16.9. The highest BCUT2D eigenvalue weighted by Crippen LogP contribution is 2.44. The van der Waals surface area contributed by atoms with Gasteiger partial charge in [0.2, 0.25) is 11.8 Å². The molecule has 0 fully saturated rings. The van der Waals surface area contributed by atoms with Crippen LogP contribution in [-0.2, 0) is 12.2 Å². The Balaban J connectivity index is 1.75. The fourth-order valence-electron chi connectivity index (χ4n) is 3.72. The molecule has 30 heavy (non-hydrogen) atoms. The summed E-state index contributed by atoms with van der Waals surface area (Å²) < 4.78 is 12.3. The maximum atomic E-state index is 9.85. The van der Waals surface area contributed by atoms with E-state index in [2.05, 4.69) is 34.2 Å².